The van der Waals surface area contributed by atoms with Crippen molar-refractivity contribution in [2.75, 3.05) is 33.8 Å². The molecule has 0 spiro atoms. The van der Waals surface area contributed by atoms with E-state index in [9.17, 15) is 4.79 Å². The molecule has 1 rings (SSSR count). The van der Waals surface area contributed by atoms with Gasteiger partial charge in [0.25, 0.3) is 0 Å². The molecule has 4 heteroatoms. The zero-order valence-corrected chi connectivity index (χ0v) is 13.1. The summed E-state index contributed by atoms with van der Waals surface area (Å²) >= 11 is 0. The molecule has 0 unspecified atom stereocenters. The van der Waals surface area contributed by atoms with Crippen LogP contribution in [0.2, 0.25) is 0 Å². The number of benzene rings is 1. The first-order valence-corrected chi connectivity index (χ1v) is 7.38. The minimum atomic E-state index is -0.121. The van der Waals surface area contributed by atoms with Crippen molar-refractivity contribution in [2.45, 2.75) is 19.3 Å². The van der Waals surface area contributed by atoms with Gasteiger partial charge in [-0.1, -0.05) is 18.7 Å². The number of rotatable bonds is 10. The average Bonchev–Trinajstić information content (AvgIpc) is 2.49. The first kappa shape index (κ1) is 17.2. The van der Waals surface area contributed by atoms with Crippen molar-refractivity contribution >= 4 is 5.91 Å². The summed E-state index contributed by atoms with van der Waals surface area (Å²) in [5.74, 6) is 0.781. The van der Waals surface area contributed by atoms with Crippen LogP contribution >= 0.6 is 0 Å². The van der Waals surface area contributed by atoms with Crippen molar-refractivity contribution in [2.24, 2.45) is 0 Å². The van der Waals surface area contributed by atoms with Gasteiger partial charge in [-0.25, -0.2) is 0 Å². The Labute approximate surface area is 127 Å². The van der Waals surface area contributed by atoms with Gasteiger partial charge >= 0.3 is 0 Å². The number of hydrogen-bond donors (Lipinski definition) is 1. The first-order valence-electron chi connectivity index (χ1n) is 7.38. The van der Waals surface area contributed by atoms with Crippen LogP contribution in [0.25, 0.3) is 0 Å². The van der Waals surface area contributed by atoms with Crippen LogP contribution in [-0.2, 0) is 11.2 Å². The Morgan fingerprint density at radius 2 is 2.00 bits per heavy atom. The van der Waals surface area contributed by atoms with E-state index < -0.39 is 0 Å². The highest BCUT2D eigenvalue weighted by Gasteiger charge is 1.98. The van der Waals surface area contributed by atoms with E-state index >= 15 is 0 Å². The maximum Gasteiger partial charge on any atom is 0.243 e. The molecule has 0 bridgehead atoms. The number of carbonyl (C=O) groups excluding carboxylic acids is 1. The molecule has 0 aliphatic carbocycles. The number of carbonyl (C=O) groups is 1. The van der Waals surface area contributed by atoms with Gasteiger partial charge in [0, 0.05) is 13.1 Å². The lowest BCUT2D eigenvalue weighted by Gasteiger charge is -2.10. The van der Waals surface area contributed by atoms with Crippen molar-refractivity contribution in [1.29, 1.82) is 0 Å². The van der Waals surface area contributed by atoms with Gasteiger partial charge in [0.05, 0.1) is 6.61 Å². The van der Waals surface area contributed by atoms with Gasteiger partial charge in [0.1, 0.15) is 5.75 Å². The van der Waals surface area contributed by atoms with Crippen molar-refractivity contribution < 1.29 is 9.53 Å². The van der Waals surface area contributed by atoms with Crippen LogP contribution in [-0.4, -0.2) is 44.6 Å². The third-order valence-corrected chi connectivity index (χ3v) is 3.10. The lowest BCUT2D eigenvalue weighted by Crippen LogP contribution is -2.22. The molecule has 0 heterocycles. The minimum Gasteiger partial charge on any atom is -0.494 e. The fraction of sp³-hybridized carbons (Fsp3) is 0.471. The van der Waals surface area contributed by atoms with E-state index in [4.69, 9.17) is 4.74 Å². The minimum absolute atomic E-state index is 0.121. The summed E-state index contributed by atoms with van der Waals surface area (Å²) in [6.07, 6.45) is 4.16. The van der Waals surface area contributed by atoms with Crippen LogP contribution in [0.3, 0.4) is 0 Å². The van der Waals surface area contributed by atoms with Gasteiger partial charge in [-0.15, -0.1) is 0 Å². The molecule has 0 atom stereocenters. The molecule has 0 aliphatic rings. The number of hydrogen-bond acceptors (Lipinski definition) is 3. The Morgan fingerprint density at radius 1 is 1.29 bits per heavy atom. The molecular weight excluding hydrogens is 264 g/mol. The third kappa shape index (κ3) is 8.15. The lowest BCUT2D eigenvalue weighted by molar-refractivity contribution is -0.116. The van der Waals surface area contributed by atoms with Gasteiger partial charge in [0.2, 0.25) is 5.91 Å². The van der Waals surface area contributed by atoms with E-state index in [-0.39, 0.29) is 5.91 Å². The van der Waals surface area contributed by atoms with Gasteiger partial charge in [0.15, 0.2) is 0 Å². The molecule has 4 nitrogen and oxygen atoms in total. The summed E-state index contributed by atoms with van der Waals surface area (Å²) in [6.45, 7) is 5.79. The molecule has 0 saturated heterocycles. The van der Waals surface area contributed by atoms with Gasteiger partial charge < -0.3 is 15.0 Å². The zero-order valence-electron chi connectivity index (χ0n) is 13.1. The fourth-order valence-corrected chi connectivity index (χ4v) is 1.81. The van der Waals surface area contributed by atoms with E-state index in [2.05, 4.69) is 43.0 Å². The second-order valence-corrected chi connectivity index (χ2v) is 5.25. The van der Waals surface area contributed by atoms with E-state index in [0.29, 0.717) is 13.2 Å². The summed E-state index contributed by atoms with van der Waals surface area (Å²) < 4.78 is 5.68. The molecule has 0 aliphatic heterocycles. The largest absolute Gasteiger partial charge is 0.494 e. The smallest absolute Gasteiger partial charge is 0.243 e. The van der Waals surface area contributed by atoms with Crippen molar-refractivity contribution in [3.63, 3.8) is 0 Å². The molecule has 1 N–H and O–H groups in total. The second-order valence-electron chi connectivity index (χ2n) is 5.25. The van der Waals surface area contributed by atoms with Crippen molar-refractivity contribution in [1.82, 2.24) is 10.2 Å². The molecule has 0 radical (unpaired) electrons. The highest BCUT2D eigenvalue weighted by atomic mass is 16.5. The normalized spacial score (nSPS) is 10.4. The molecule has 0 saturated carbocycles. The maximum atomic E-state index is 10.9. The van der Waals surface area contributed by atoms with Crippen molar-refractivity contribution in [3.05, 3.63) is 42.5 Å². The lowest BCUT2D eigenvalue weighted by atomic mass is 10.1. The van der Waals surface area contributed by atoms with E-state index in [0.717, 1.165) is 31.6 Å². The van der Waals surface area contributed by atoms with Gasteiger partial charge in [-0.05, 0) is 57.1 Å². The number of nitrogens with zero attached hydrogens (tertiary/aromatic N) is 1. The van der Waals surface area contributed by atoms with Crippen LogP contribution in [0, 0.1) is 0 Å². The second kappa shape index (κ2) is 10.00. The molecular formula is C17H26N2O2. The van der Waals surface area contributed by atoms with E-state index in [1.807, 2.05) is 12.1 Å². The Kier molecular flexibility index (Phi) is 8.21. The van der Waals surface area contributed by atoms with Crippen LogP contribution in [0.1, 0.15) is 18.4 Å². The van der Waals surface area contributed by atoms with Crippen LogP contribution in [0.15, 0.2) is 36.9 Å². The summed E-state index contributed by atoms with van der Waals surface area (Å²) in [6, 6.07) is 8.27. The Morgan fingerprint density at radius 3 is 2.62 bits per heavy atom. The van der Waals surface area contributed by atoms with Crippen molar-refractivity contribution in [3.8, 4) is 5.75 Å². The first-order chi connectivity index (χ1) is 10.1. The summed E-state index contributed by atoms with van der Waals surface area (Å²) in [5.41, 5.74) is 1.32. The van der Waals surface area contributed by atoms with Gasteiger partial charge in [-0.2, -0.15) is 0 Å². The average molecular weight is 290 g/mol. The topological polar surface area (TPSA) is 41.6 Å². The number of unbranched alkanes of at least 4 members (excludes halogenated alkanes) is 1. The highest BCUT2D eigenvalue weighted by Crippen LogP contribution is 2.13. The Bertz CT molecular complexity index is 427. The molecule has 1 aromatic rings. The molecule has 1 aromatic carbocycles. The van der Waals surface area contributed by atoms with Crippen LogP contribution in [0.5, 0.6) is 5.75 Å². The molecule has 21 heavy (non-hydrogen) atoms. The Hall–Kier alpha value is -1.81. The number of likely N-dealkylation sites (N-methyl/N-ethyl adjacent to an activating group) is 1. The molecule has 1 amide bonds. The van der Waals surface area contributed by atoms with Crippen LogP contribution < -0.4 is 10.1 Å². The molecule has 0 aromatic heterocycles. The SMILES string of the molecule is C=CC(=O)NCCCCOc1ccc(CCN(C)C)cc1. The maximum absolute atomic E-state index is 10.9. The monoisotopic (exact) mass is 290 g/mol. The molecule has 0 fully saturated rings. The van der Waals surface area contributed by atoms with Crippen LogP contribution in [0.4, 0.5) is 0 Å². The summed E-state index contributed by atoms with van der Waals surface area (Å²) in [5, 5.41) is 2.75. The summed E-state index contributed by atoms with van der Waals surface area (Å²) in [4.78, 5) is 13.1. The third-order valence-electron chi connectivity index (χ3n) is 3.10. The Balaban J connectivity index is 2.15. The standard InChI is InChI=1S/C17H26N2O2/c1-4-17(20)18-12-5-6-14-21-16-9-7-15(8-10-16)11-13-19(2)3/h4,7-10H,1,5-6,11-14H2,2-3H3,(H,18,20). The number of amides is 1. The zero-order chi connectivity index (χ0) is 15.5. The quantitative estimate of drug-likeness (QED) is 0.531. The predicted molar refractivity (Wildman–Crippen MR) is 86.6 cm³/mol. The van der Waals surface area contributed by atoms with Gasteiger partial charge in [-0.3, -0.25) is 4.79 Å². The number of nitrogens with one attached hydrogen (secondary N) is 1. The molecule has 116 valence electrons. The van der Waals surface area contributed by atoms with E-state index in [1.165, 1.54) is 11.6 Å². The van der Waals surface area contributed by atoms with E-state index in [1.54, 1.807) is 0 Å². The summed E-state index contributed by atoms with van der Waals surface area (Å²) in [7, 11) is 4.16. The predicted octanol–water partition coefficient (Wildman–Crippen LogP) is 2.25. The number of ether oxygens (including phenoxy) is 1. The highest BCUT2D eigenvalue weighted by molar-refractivity contribution is 5.86. The fourth-order valence-electron chi connectivity index (χ4n) is 1.81.